The summed E-state index contributed by atoms with van der Waals surface area (Å²) < 4.78 is 2.04. The van der Waals surface area contributed by atoms with Crippen LogP contribution in [0.4, 0.5) is 5.69 Å². The number of hydrogen-bond acceptors (Lipinski definition) is 3. The number of nitrogen functional groups attached to an aromatic ring is 1. The van der Waals surface area contributed by atoms with Crippen molar-refractivity contribution in [2.75, 3.05) is 19.8 Å². The normalized spacial score (nSPS) is 13.8. The molecule has 0 radical (unpaired) electrons. The van der Waals surface area contributed by atoms with Crippen molar-refractivity contribution in [1.82, 2.24) is 14.5 Å². The number of nitrogens with two attached hydrogens (primary N) is 1. The quantitative estimate of drug-likeness (QED) is 0.858. The van der Waals surface area contributed by atoms with E-state index < -0.39 is 0 Å². The molecular weight excluding hydrogens is 264 g/mol. The van der Waals surface area contributed by atoms with Crippen molar-refractivity contribution >= 4 is 11.6 Å². The van der Waals surface area contributed by atoms with Gasteiger partial charge in [0.05, 0.1) is 23.4 Å². The van der Waals surface area contributed by atoms with Gasteiger partial charge in [-0.2, -0.15) is 0 Å². The predicted molar refractivity (Wildman–Crippen MR) is 82.6 cm³/mol. The lowest BCUT2D eigenvalue weighted by molar-refractivity contribution is 0.0827. The summed E-state index contributed by atoms with van der Waals surface area (Å²) >= 11 is 0. The molecule has 1 aliphatic carbocycles. The van der Waals surface area contributed by atoms with E-state index in [4.69, 9.17) is 5.73 Å². The van der Waals surface area contributed by atoms with Gasteiger partial charge in [0.15, 0.2) is 0 Å². The van der Waals surface area contributed by atoms with Crippen molar-refractivity contribution in [2.45, 2.75) is 25.7 Å². The summed E-state index contributed by atoms with van der Waals surface area (Å²) in [4.78, 5) is 18.2. The van der Waals surface area contributed by atoms with Crippen LogP contribution < -0.4 is 5.73 Å². The molecule has 0 atom stereocenters. The first-order valence-electron chi connectivity index (χ1n) is 7.24. The monoisotopic (exact) mass is 284 g/mol. The Balaban J connectivity index is 2.08. The molecule has 0 bridgehead atoms. The van der Waals surface area contributed by atoms with E-state index in [9.17, 15) is 4.79 Å². The number of anilines is 1. The zero-order valence-electron chi connectivity index (χ0n) is 12.5. The van der Waals surface area contributed by atoms with Gasteiger partial charge in [0, 0.05) is 25.4 Å². The number of fused-ring (bicyclic) bond motifs is 1. The molecule has 0 saturated carbocycles. The number of benzene rings is 1. The minimum absolute atomic E-state index is 0.0229. The first-order valence-corrected chi connectivity index (χ1v) is 7.24. The molecule has 110 valence electrons. The minimum atomic E-state index is -0.0229. The lowest BCUT2D eigenvalue weighted by Gasteiger charge is -2.17. The molecule has 2 aromatic rings. The zero-order chi connectivity index (χ0) is 15.0. The van der Waals surface area contributed by atoms with Crippen LogP contribution in [0.1, 0.15) is 34.6 Å². The third-order valence-corrected chi connectivity index (χ3v) is 3.97. The van der Waals surface area contributed by atoms with Crippen molar-refractivity contribution in [3.63, 3.8) is 0 Å². The first kappa shape index (κ1) is 13.7. The second-order valence-corrected chi connectivity index (χ2v) is 5.69. The third-order valence-electron chi connectivity index (χ3n) is 3.97. The largest absolute Gasteiger partial charge is 0.397 e. The van der Waals surface area contributed by atoms with Crippen molar-refractivity contribution in [3.05, 3.63) is 41.5 Å². The molecule has 0 saturated heterocycles. The van der Waals surface area contributed by atoms with Crippen LogP contribution in [0.5, 0.6) is 0 Å². The predicted octanol–water partition coefficient (Wildman–Crippen LogP) is 2.04. The number of hydrogen-bond donors (Lipinski definition) is 1. The number of nitrogens with zero attached hydrogens (tertiary/aromatic N) is 3. The van der Waals surface area contributed by atoms with Gasteiger partial charge in [-0.3, -0.25) is 4.79 Å². The van der Waals surface area contributed by atoms with E-state index in [2.05, 4.69) is 4.98 Å². The van der Waals surface area contributed by atoms with Crippen molar-refractivity contribution in [1.29, 1.82) is 0 Å². The molecule has 0 fully saturated rings. The Morgan fingerprint density at radius 2 is 2.05 bits per heavy atom. The van der Waals surface area contributed by atoms with E-state index >= 15 is 0 Å². The van der Waals surface area contributed by atoms with Gasteiger partial charge in [0.2, 0.25) is 0 Å². The van der Waals surface area contributed by atoms with Gasteiger partial charge in [-0.1, -0.05) is 0 Å². The highest BCUT2D eigenvalue weighted by Crippen LogP contribution is 2.26. The Labute approximate surface area is 124 Å². The first-order chi connectivity index (χ1) is 10.1. The van der Waals surface area contributed by atoms with E-state index in [-0.39, 0.29) is 5.91 Å². The molecule has 1 amide bonds. The SMILES string of the molecule is CN(C)C(=O)c1ccc(N)c(-n2cnc3c2CCCC3)c1. The number of imidazole rings is 1. The summed E-state index contributed by atoms with van der Waals surface area (Å²) in [5.74, 6) is -0.0229. The van der Waals surface area contributed by atoms with Gasteiger partial charge in [0.25, 0.3) is 5.91 Å². The second-order valence-electron chi connectivity index (χ2n) is 5.69. The fraction of sp³-hybridized carbons (Fsp3) is 0.375. The third kappa shape index (κ3) is 2.39. The minimum Gasteiger partial charge on any atom is -0.397 e. The maximum Gasteiger partial charge on any atom is 0.253 e. The molecule has 1 aliphatic rings. The number of amides is 1. The average Bonchev–Trinajstić information content (AvgIpc) is 2.91. The van der Waals surface area contributed by atoms with Crippen molar-refractivity contribution in [3.8, 4) is 5.69 Å². The summed E-state index contributed by atoms with van der Waals surface area (Å²) in [6.07, 6.45) is 6.23. The highest BCUT2D eigenvalue weighted by Gasteiger charge is 2.18. The lowest BCUT2D eigenvalue weighted by atomic mass is 10.0. The Morgan fingerprint density at radius 3 is 2.81 bits per heavy atom. The highest BCUT2D eigenvalue weighted by atomic mass is 16.2. The van der Waals surface area contributed by atoms with Gasteiger partial charge in [0.1, 0.15) is 0 Å². The Morgan fingerprint density at radius 1 is 1.29 bits per heavy atom. The Bertz CT molecular complexity index is 688. The maximum absolute atomic E-state index is 12.1. The molecule has 3 rings (SSSR count). The molecule has 0 spiro atoms. The van der Waals surface area contributed by atoms with E-state index in [0.29, 0.717) is 11.3 Å². The summed E-state index contributed by atoms with van der Waals surface area (Å²) in [5, 5.41) is 0. The topological polar surface area (TPSA) is 64.2 Å². The Kier molecular flexibility index (Phi) is 3.41. The molecule has 1 aromatic heterocycles. The average molecular weight is 284 g/mol. The number of carbonyl (C=O) groups excluding carboxylic acids is 1. The maximum atomic E-state index is 12.1. The van der Waals surface area contributed by atoms with E-state index in [1.54, 1.807) is 31.1 Å². The summed E-state index contributed by atoms with van der Waals surface area (Å²) in [6, 6.07) is 5.42. The number of aryl methyl sites for hydroxylation is 1. The molecule has 2 N–H and O–H groups in total. The summed E-state index contributed by atoms with van der Waals surface area (Å²) in [6.45, 7) is 0. The van der Waals surface area contributed by atoms with Gasteiger partial charge in [-0.15, -0.1) is 0 Å². The van der Waals surface area contributed by atoms with Crippen LogP contribution in [0, 0.1) is 0 Å². The fourth-order valence-corrected chi connectivity index (χ4v) is 2.82. The van der Waals surface area contributed by atoms with Crippen LogP contribution in [-0.4, -0.2) is 34.5 Å². The summed E-state index contributed by atoms with van der Waals surface area (Å²) in [5.41, 5.74) is 10.6. The number of carbonyl (C=O) groups is 1. The smallest absolute Gasteiger partial charge is 0.253 e. The van der Waals surface area contributed by atoms with Crippen molar-refractivity contribution in [2.24, 2.45) is 0 Å². The molecule has 5 heteroatoms. The zero-order valence-corrected chi connectivity index (χ0v) is 12.5. The van der Waals surface area contributed by atoms with E-state index in [1.807, 2.05) is 17.0 Å². The second kappa shape index (κ2) is 5.24. The molecule has 0 unspecified atom stereocenters. The molecule has 0 aliphatic heterocycles. The fourth-order valence-electron chi connectivity index (χ4n) is 2.82. The van der Waals surface area contributed by atoms with Crippen LogP contribution in [0.2, 0.25) is 0 Å². The van der Waals surface area contributed by atoms with E-state index in [0.717, 1.165) is 24.2 Å². The molecule has 1 aromatic carbocycles. The van der Waals surface area contributed by atoms with E-state index in [1.165, 1.54) is 18.5 Å². The number of rotatable bonds is 2. The van der Waals surface area contributed by atoms with Gasteiger partial charge in [-0.05, 0) is 43.9 Å². The van der Waals surface area contributed by atoms with Crippen LogP contribution in [0.15, 0.2) is 24.5 Å². The van der Waals surface area contributed by atoms with Crippen LogP contribution >= 0.6 is 0 Å². The van der Waals surface area contributed by atoms with Gasteiger partial charge < -0.3 is 15.2 Å². The molecular formula is C16H20N4O. The highest BCUT2D eigenvalue weighted by molar-refractivity contribution is 5.95. The number of aromatic nitrogens is 2. The van der Waals surface area contributed by atoms with Crippen LogP contribution in [0.3, 0.4) is 0 Å². The van der Waals surface area contributed by atoms with Gasteiger partial charge >= 0.3 is 0 Å². The standard InChI is InChI=1S/C16H20N4O/c1-19(2)16(21)11-7-8-12(17)15(9-11)20-10-18-13-5-3-4-6-14(13)20/h7-10H,3-6,17H2,1-2H3. The summed E-state index contributed by atoms with van der Waals surface area (Å²) in [7, 11) is 3.49. The Hall–Kier alpha value is -2.30. The molecule has 5 nitrogen and oxygen atoms in total. The molecule has 1 heterocycles. The van der Waals surface area contributed by atoms with Crippen molar-refractivity contribution < 1.29 is 4.79 Å². The van der Waals surface area contributed by atoms with Gasteiger partial charge in [-0.25, -0.2) is 4.98 Å². The lowest BCUT2D eigenvalue weighted by Crippen LogP contribution is -2.22. The van der Waals surface area contributed by atoms with Crippen LogP contribution in [-0.2, 0) is 12.8 Å². The molecule has 21 heavy (non-hydrogen) atoms. The van der Waals surface area contributed by atoms with Crippen LogP contribution in [0.25, 0.3) is 5.69 Å².